The average molecular weight is 793 g/mol. The molecule has 12 rings (SSSR count). The molecule has 0 aliphatic heterocycles. The first kappa shape index (κ1) is 35.5. The fourth-order valence-electron chi connectivity index (χ4n) is 8.93. The molecule has 0 N–H and O–H groups in total. The zero-order valence-electron chi connectivity index (χ0n) is 33.5. The van der Waals surface area contributed by atoms with Crippen LogP contribution in [0.3, 0.4) is 0 Å². The van der Waals surface area contributed by atoms with Gasteiger partial charge in [-0.05, 0) is 70.3 Å². The fourth-order valence-corrected chi connectivity index (χ4v) is 8.93. The standard InChI is InChI=1S/C57H36N4O/c1-5-17-37(18-6-1)41-25-15-26-43(33-41)47-35-44(61-50-29-14-13-27-45(50)48-34-42(31-32-51(48)61)38-19-7-2-8-20-38)36-49-53-46(28-16-30-52(53)62-54(47)49)57-59-55(39-21-9-3-10-22-39)58-56(60-57)40-23-11-4-12-24-40/h1-36H. The Labute approximate surface area is 357 Å². The van der Waals surface area contributed by atoms with E-state index >= 15 is 0 Å². The van der Waals surface area contributed by atoms with Crippen LogP contribution in [0.4, 0.5) is 0 Å². The molecule has 0 fully saturated rings. The van der Waals surface area contributed by atoms with Gasteiger partial charge in [-0.25, -0.2) is 15.0 Å². The Hall–Kier alpha value is -8.41. The van der Waals surface area contributed by atoms with Gasteiger partial charge in [0.05, 0.1) is 11.0 Å². The number of nitrogens with zero attached hydrogens (tertiary/aromatic N) is 4. The number of rotatable bonds is 7. The molecule has 9 aromatic carbocycles. The minimum Gasteiger partial charge on any atom is -0.455 e. The van der Waals surface area contributed by atoms with Gasteiger partial charge in [-0.15, -0.1) is 0 Å². The predicted molar refractivity (Wildman–Crippen MR) is 254 cm³/mol. The maximum atomic E-state index is 7.01. The summed E-state index contributed by atoms with van der Waals surface area (Å²) < 4.78 is 9.40. The molecule has 290 valence electrons. The summed E-state index contributed by atoms with van der Waals surface area (Å²) in [7, 11) is 0. The zero-order valence-corrected chi connectivity index (χ0v) is 33.5. The Kier molecular flexibility index (Phi) is 8.42. The van der Waals surface area contributed by atoms with Gasteiger partial charge in [0.25, 0.3) is 0 Å². The molecule has 5 heteroatoms. The lowest BCUT2D eigenvalue weighted by Crippen LogP contribution is -2.00. The highest BCUT2D eigenvalue weighted by Gasteiger charge is 2.23. The van der Waals surface area contributed by atoms with Gasteiger partial charge in [0.15, 0.2) is 17.5 Å². The van der Waals surface area contributed by atoms with Crippen molar-refractivity contribution in [2.45, 2.75) is 0 Å². The van der Waals surface area contributed by atoms with E-state index in [4.69, 9.17) is 19.4 Å². The van der Waals surface area contributed by atoms with Crippen LogP contribution in [0.1, 0.15) is 0 Å². The van der Waals surface area contributed by atoms with Crippen LogP contribution in [-0.2, 0) is 0 Å². The smallest absolute Gasteiger partial charge is 0.164 e. The minimum atomic E-state index is 0.578. The lowest BCUT2D eigenvalue weighted by molar-refractivity contribution is 0.670. The summed E-state index contributed by atoms with van der Waals surface area (Å²) in [5.41, 5.74) is 14.3. The van der Waals surface area contributed by atoms with Crippen LogP contribution in [0, 0.1) is 0 Å². The molecule has 0 amide bonds. The van der Waals surface area contributed by atoms with E-state index in [1.54, 1.807) is 0 Å². The van der Waals surface area contributed by atoms with Gasteiger partial charge in [0.2, 0.25) is 0 Å². The summed E-state index contributed by atoms with van der Waals surface area (Å²) in [6.45, 7) is 0. The number of hydrogen-bond donors (Lipinski definition) is 0. The Morgan fingerprint density at radius 1 is 0.323 bits per heavy atom. The van der Waals surface area contributed by atoms with E-state index in [9.17, 15) is 0 Å². The van der Waals surface area contributed by atoms with Gasteiger partial charge in [0, 0.05) is 49.5 Å². The monoisotopic (exact) mass is 792 g/mol. The summed E-state index contributed by atoms with van der Waals surface area (Å²) in [6, 6.07) is 76.4. The minimum absolute atomic E-state index is 0.578. The number of hydrogen-bond acceptors (Lipinski definition) is 4. The Balaban J connectivity index is 1.15. The second kappa shape index (κ2) is 14.7. The quantitative estimate of drug-likeness (QED) is 0.161. The van der Waals surface area contributed by atoms with Gasteiger partial charge < -0.3 is 8.98 Å². The van der Waals surface area contributed by atoms with E-state index in [2.05, 4.69) is 150 Å². The molecule has 12 aromatic rings. The molecule has 3 heterocycles. The zero-order chi connectivity index (χ0) is 41.0. The molecule has 62 heavy (non-hydrogen) atoms. The molecule has 0 unspecified atom stereocenters. The van der Waals surface area contributed by atoms with Gasteiger partial charge in [-0.2, -0.15) is 0 Å². The molecule has 0 aliphatic carbocycles. The van der Waals surface area contributed by atoms with Crippen LogP contribution in [0.15, 0.2) is 223 Å². The van der Waals surface area contributed by atoms with E-state index in [0.29, 0.717) is 17.5 Å². The van der Waals surface area contributed by atoms with Crippen molar-refractivity contribution in [2.24, 2.45) is 0 Å². The maximum Gasteiger partial charge on any atom is 0.164 e. The third-order valence-corrected chi connectivity index (χ3v) is 11.8. The first-order valence-electron chi connectivity index (χ1n) is 20.8. The van der Waals surface area contributed by atoms with E-state index in [-0.39, 0.29) is 0 Å². The van der Waals surface area contributed by atoms with Crippen molar-refractivity contribution in [3.8, 4) is 73.2 Å². The van der Waals surface area contributed by atoms with Crippen molar-refractivity contribution >= 4 is 43.7 Å². The molecule has 5 nitrogen and oxygen atoms in total. The van der Waals surface area contributed by atoms with Crippen LogP contribution < -0.4 is 0 Å². The second-order valence-electron chi connectivity index (χ2n) is 15.6. The molecular formula is C57H36N4O. The van der Waals surface area contributed by atoms with E-state index < -0.39 is 0 Å². The Morgan fingerprint density at radius 2 is 0.855 bits per heavy atom. The van der Waals surface area contributed by atoms with E-state index in [0.717, 1.165) is 77.6 Å². The third-order valence-electron chi connectivity index (χ3n) is 11.8. The van der Waals surface area contributed by atoms with Gasteiger partial charge >= 0.3 is 0 Å². The molecule has 0 aliphatic rings. The number of aromatic nitrogens is 4. The van der Waals surface area contributed by atoms with Crippen LogP contribution >= 0.6 is 0 Å². The number of benzene rings is 9. The van der Waals surface area contributed by atoms with Gasteiger partial charge in [-0.1, -0.05) is 176 Å². The van der Waals surface area contributed by atoms with Crippen molar-refractivity contribution in [3.63, 3.8) is 0 Å². The van der Waals surface area contributed by atoms with E-state index in [1.165, 1.54) is 21.9 Å². The Morgan fingerprint density at radius 3 is 1.53 bits per heavy atom. The third kappa shape index (κ3) is 6.06. The largest absolute Gasteiger partial charge is 0.455 e. The Bertz CT molecular complexity index is 3560. The molecule has 0 radical (unpaired) electrons. The van der Waals surface area contributed by atoms with E-state index in [1.807, 2.05) is 72.8 Å². The number of furan rings is 1. The molecule has 0 saturated carbocycles. The summed E-state index contributed by atoms with van der Waals surface area (Å²) in [5, 5.41) is 4.31. The van der Waals surface area contributed by atoms with Crippen LogP contribution in [0.2, 0.25) is 0 Å². The lowest BCUT2D eigenvalue weighted by atomic mass is 9.96. The maximum absolute atomic E-state index is 7.01. The van der Waals surface area contributed by atoms with Crippen molar-refractivity contribution < 1.29 is 4.42 Å². The molecule has 0 atom stereocenters. The molecule has 0 saturated heterocycles. The SMILES string of the molecule is c1ccc(-c2cccc(-c3cc(-n4c5ccccc5c5cc(-c6ccccc6)ccc54)cc4c3oc3cccc(-c5nc(-c6ccccc6)nc(-c6ccccc6)n5)c34)c2)cc1. The van der Waals surface area contributed by atoms with Gasteiger partial charge in [-0.3, -0.25) is 0 Å². The topological polar surface area (TPSA) is 56.7 Å². The summed E-state index contributed by atoms with van der Waals surface area (Å²) >= 11 is 0. The first-order chi connectivity index (χ1) is 30.7. The highest BCUT2D eigenvalue weighted by molar-refractivity contribution is 6.17. The molecular weight excluding hydrogens is 757 g/mol. The molecule has 3 aromatic heterocycles. The summed E-state index contributed by atoms with van der Waals surface area (Å²) in [4.78, 5) is 15.4. The molecule has 0 bridgehead atoms. The van der Waals surface area contributed by atoms with Crippen LogP contribution in [0.25, 0.3) is 117 Å². The van der Waals surface area contributed by atoms with Crippen LogP contribution in [0.5, 0.6) is 0 Å². The highest BCUT2D eigenvalue weighted by atomic mass is 16.3. The van der Waals surface area contributed by atoms with Crippen molar-refractivity contribution in [1.82, 2.24) is 19.5 Å². The van der Waals surface area contributed by atoms with Gasteiger partial charge in [0.1, 0.15) is 11.2 Å². The van der Waals surface area contributed by atoms with Crippen molar-refractivity contribution in [2.75, 3.05) is 0 Å². The predicted octanol–water partition coefficient (Wildman–Crippen LogP) is 14.9. The fraction of sp³-hybridized carbons (Fsp3) is 0. The normalized spacial score (nSPS) is 11.5. The summed E-state index contributed by atoms with van der Waals surface area (Å²) in [5.74, 6) is 1.80. The first-order valence-corrected chi connectivity index (χ1v) is 20.8. The van der Waals surface area contributed by atoms with Crippen molar-refractivity contribution in [3.05, 3.63) is 218 Å². The lowest BCUT2D eigenvalue weighted by Gasteiger charge is -2.13. The highest BCUT2D eigenvalue weighted by Crippen LogP contribution is 2.44. The van der Waals surface area contributed by atoms with Crippen LogP contribution in [-0.4, -0.2) is 19.5 Å². The average Bonchev–Trinajstić information content (AvgIpc) is 3.90. The second-order valence-corrected chi connectivity index (χ2v) is 15.6. The summed E-state index contributed by atoms with van der Waals surface area (Å²) in [6.07, 6.45) is 0. The number of para-hydroxylation sites is 1. The van der Waals surface area contributed by atoms with Crippen molar-refractivity contribution in [1.29, 1.82) is 0 Å². The molecule has 0 spiro atoms. The number of fused-ring (bicyclic) bond motifs is 6.